The SMILES string of the molecule is CC1=NCCn2c1ccc2-c1ccc(Cl)cc1.O=C(O)C=CC(=O)O. The maximum absolute atomic E-state index is 9.55. The van der Waals surface area contributed by atoms with Gasteiger partial charge in [-0.3, -0.25) is 4.99 Å². The molecule has 0 fully saturated rings. The minimum Gasteiger partial charge on any atom is -0.478 e. The van der Waals surface area contributed by atoms with Crippen molar-refractivity contribution in [3.05, 3.63) is 59.3 Å². The number of rotatable bonds is 3. The molecule has 2 heterocycles. The molecule has 25 heavy (non-hydrogen) atoms. The summed E-state index contributed by atoms with van der Waals surface area (Å²) < 4.78 is 2.32. The van der Waals surface area contributed by atoms with Crippen molar-refractivity contribution in [3.63, 3.8) is 0 Å². The van der Waals surface area contributed by atoms with Gasteiger partial charge >= 0.3 is 11.9 Å². The number of carboxylic acid groups (broad SMARTS) is 2. The fourth-order valence-corrected chi connectivity index (χ4v) is 2.56. The molecule has 1 aromatic heterocycles. The topological polar surface area (TPSA) is 91.9 Å². The quantitative estimate of drug-likeness (QED) is 0.821. The number of benzene rings is 1. The van der Waals surface area contributed by atoms with Crippen molar-refractivity contribution in [2.24, 2.45) is 4.99 Å². The van der Waals surface area contributed by atoms with E-state index in [4.69, 9.17) is 21.8 Å². The molecule has 0 amide bonds. The summed E-state index contributed by atoms with van der Waals surface area (Å²) in [6, 6.07) is 12.3. The van der Waals surface area contributed by atoms with Crippen LogP contribution in [0.25, 0.3) is 11.3 Å². The fraction of sp³-hybridized carbons (Fsp3) is 0.167. The highest BCUT2D eigenvalue weighted by Crippen LogP contribution is 2.26. The minimum atomic E-state index is -1.26. The van der Waals surface area contributed by atoms with Gasteiger partial charge in [0, 0.05) is 29.4 Å². The highest BCUT2D eigenvalue weighted by molar-refractivity contribution is 6.30. The van der Waals surface area contributed by atoms with Crippen molar-refractivity contribution in [2.45, 2.75) is 13.5 Å². The Morgan fingerprint density at radius 2 is 1.60 bits per heavy atom. The molecule has 1 aromatic carbocycles. The first-order chi connectivity index (χ1) is 11.9. The summed E-state index contributed by atoms with van der Waals surface area (Å²) in [4.78, 5) is 23.6. The molecule has 1 aliphatic rings. The van der Waals surface area contributed by atoms with Gasteiger partial charge < -0.3 is 14.8 Å². The lowest BCUT2D eigenvalue weighted by Crippen LogP contribution is -2.16. The van der Waals surface area contributed by atoms with Gasteiger partial charge in [0.05, 0.1) is 18.0 Å². The Balaban J connectivity index is 0.000000242. The Bertz CT molecular complexity index is 819. The van der Waals surface area contributed by atoms with E-state index in [-0.39, 0.29) is 0 Å². The smallest absolute Gasteiger partial charge is 0.328 e. The van der Waals surface area contributed by atoms with Gasteiger partial charge in [0.1, 0.15) is 0 Å². The van der Waals surface area contributed by atoms with Crippen molar-refractivity contribution < 1.29 is 19.8 Å². The van der Waals surface area contributed by atoms with Gasteiger partial charge in [0.25, 0.3) is 0 Å². The molecule has 0 unspecified atom stereocenters. The molecular formula is C18H17ClN2O4. The largest absolute Gasteiger partial charge is 0.478 e. The van der Waals surface area contributed by atoms with Crippen molar-refractivity contribution in [3.8, 4) is 11.3 Å². The molecule has 2 aromatic rings. The lowest BCUT2D eigenvalue weighted by atomic mass is 10.1. The molecule has 1 aliphatic heterocycles. The second kappa shape index (κ2) is 8.30. The number of carbonyl (C=O) groups is 2. The molecule has 3 rings (SSSR count). The Morgan fingerprint density at radius 1 is 1.04 bits per heavy atom. The minimum absolute atomic E-state index is 0.558. The van der Waals surface area contributed by atoms with E-state index in [2.05, 4.69) is 40.7 Å². The van der Waals surface area contributed by atoms with Crippen molar-refractivity contribution in [1.82, 2.24) is 4.57 Å². The summed E-state index contributed by atoms with van der Waals surface area (Å²) in [5.41, 5.74) is 4.79. The van der Waals surface area contributed by atoms with Gasteiger partial charge in [-0.2, -0.15) is 0 Å². The van der Waals surface area contributed by atoms with E-state index in [0.717, 1.165) is 23.8 Å². The summed E-state index contributed by atoms with van der Waals surface area (Å²) >= 11 is 5.91. The van der Waals surface area contributed by atoms with Crippen LogP contribution in [0.5, 0.6) is 0 Å². The maximum Gasteiger partial charge on any atom is 0.328 e. The van der Waals surface area contributed by atoms with Crippen LogP contribution in [0.3, 0.4) is 0 Å². The fourth-order valence-electron chi connectivity index (χ4n) is 2.44. The molecular weight excluding hydrogens is 344 g/mol. The van der Waals surface area contributed by atoms with Crippen LogP contribution >= 0.6 is 11.6 Å². The number of aliphatic imine (C=N–C) groups is 1. The molecule has 0 bridgehead atoms. The standard InChI is InChI=1S/C14H13ClN2.C4H4O4/c1-10-13-6-7-14(17(13)9-8-16-10)11-2-4-12(15)5-3-11;5-3(6)1-2-4(7)8/h2-7H,8-9H2,1H3;1-2H,(H,5,6)(H,7,8). The molecule has 0 saturated heterocycles. The average Bonchev–Trinajstić information content (AvgIpc) is 3.00. The van der Waals surface area contributed by atoms with Gasteiger partial charge in [0.2, 0.25) is 0 Å². The third kappa shape index (κ3) is 5.06. The van der Waals surface area contributed by atoms with E-state index in [1.807, 2.05) is 12.1 Å². The second-order valence-corrected chi connectivity index (χ2v) is 5.68. The number of nitrogens with zero attached hydrogens (tertiary/aromatic N) is 2. The number of carboxylic acids is 2. The predicted octanol–water partition coefficient (Wildman–Crippen LogP) is 3.34. The number of hydrogen-bond donors (Lipinski definition) is 2. The van der Waals surface area contributed by atoms with Gasteiger partial charge in [0.15, 0.2) is 0 Å². The van der Waals surface area contributed by atoms with Crippen molar-refractivity contribution in [1.29, 1.82) is 0 Å². The second-order valence-electron chi connectivity index (χ2n) is 5.24. The predicted molar refractivity (Wildman–Crippen MR) is 96.4 cm³/mol. The summed E-state index contributed by atoms with van der Waals surface area (Å²) in [6.45, 7) is 3.89. The van der Waals surface area contributed by atoms with Gasteiger partial charge in [-0.05, 0) is 36.8 Å². The summed E-state index contributed by atoms with van der Waals surface area (Å²) in [5.74, 6) is -2.51. The number of aromatic nitrogens is 1. The van der Waals surface area contributed by atoms with Gasteiger partial charge in [-0.1, -0.05) is 23.7 Å². The summed E-state index contributed by atoms with van der Waals surface area (Å²) in [6.07, 6.45) is 1.12. The third-order valence-electron chi connectivity index (χ3n) is 3.53. The van der Waals surface area contributed by atoms with Gasteiger partial charge in [-0.15, -0.1) is 0 Å². The summed E-state index contributed by atoms with van der Waals surface area (Å²) in [7, 11) is 0. The van der Waals surface area contributed by atoms with Crippen LogP contribution in [0.15, 0.2) is 53.5 Å². The zero-order valence-electron chi connectivity index (χ0n) is 13.5. The number of hydrogen-bond acceptors (Lipinski definition) is 3. The molecule has 7 heteroatoms. The molecule has 0 spiro atoms. The van der Waals surface area contributed by atoms with Crippen LogP contribution in [0.1, 0.15) is 12.6 Å². The molecule has 0 saturated carbocycles. The van der Waals surface area contributed by atoms with Crippen LogP contribution < -0.4 is 0 Å². The average molecular weight is 361 g/mol. The van der Waals surface area contributed by atoms with Crippen LogP contribution in [0.4, 0.5) is 0 Å². The van der Waals surface area contributed by atoms with E-state index in [1.54, 1.807) is 0 Å². The molecule has 2 N–H and O–H groups in total. The Labute approximate surface area is 149 Å². The number of halogens is 1. The number of aliphatic carboxylic acids is 2. The normalized spacial score (nSPS) is 12.8. The molecule has 130 valence electrons. The van der Waals surface area contributed by atoms with E-state index in [0.29, 0.717) is 12.2 Å². The first-order valence-corrected chi connectivity index (χ1v) is 7.87. The molecule has 0 radical (unpaired) electrons. The van der Waals surface area contributed by atoms with Crippen LogP contribution in [0.2, 0.25) is 5.02 Å². The van der Waals surface area contributed by atoms with E-state index < -0.39 is 11.9 Å². The third-order valence-corrected chi connectivity index (χ3v) is 3.78. The lowest BCUT2D eigenvalue weighted by Gasteiger charge is -2.16. The first-order valence-electron chi connectivity index (χ1n) is 7.49. The zero-order chi connectivity index (χ0) is 18.4. The monoisotopic (exact) mass is 360 g/mol. The number of fused-ring (bicyclic) bond motifs is 1. The van der Waals surface area contributed by atoms with Crippen molar-refractivity contribution in [2.75, 3.05) is 6.54 Å². The van der Waals surface area contributed by atoms with E-state index >= 15 is 0 Å². The highest BCUT2D eigenvalue weighted by Gasteiger charge is 2.14. The lowest BCUT2D eigenvalue weighted by molar-refractivity contribution is -0.134. The Morgan fingerprint density at radius 3 is 2.16 bits per heavy atom. The van der Waals surface area contributed by atoms with E-state index in [1.165, 1.54) is 17.0 Å². The van der Waals surface area contributed by atoms with Crippen molar-refractivity contribution >= 4 is 29.3 Å². The van der Waals surface area contributed by atoms with Crippen LogP contribution in [-0.4, -0.2) is 39.0 Å². The molecule has 0 aliphatic carbocycles. The van der Waals surface area contributed by atoms with Gasteiger partial charge in [-0.25, -0.2) is 9.59 Å². The van der Waals surface area contributed by atoms with Crippen LogP contribution in [-0.2, 0) is 16.1 Å². The Kier molecular flexibility index (Phi) is 6.14. The molecule has 6 nitrogen and oxygen atoms in total. The van der Waals surface area contributed by atoms with E-state index in [9.17, 15) is 9.59 Å². The highest BCUT2D eigenvalue weighted by atomic mass is 35.5. The zero-order valence-corrected chi connectivity index (χ0v) is 14.3. The Hall–Kier alpha value is -2.86. The van der Waals surface area contributed by atoms with Crippen LogP contribution in [0, 0.1) is 0 Å². The molecule has 0 atom stereocenters. The summed E-state index contributed by atoms with van der Waals surface area (Å²) in [5, 5.41) is 16.4. The first kappa shape index (κ1) is 18.5. The maximum atomic E-state index is 9.55.